The first kappa shape index (κ1) is 16.0. The van der Waals surface area contributed by atoms with E-state index in [0.29, 0.717) is 6.54 Å². The second kappa shape index (κ2) is 7.10. The largest absolute Gasteiger partial charge is 0.340 e. The fraction of sp³-hybridized carbons (Fsp3) is 0.235. The third kappa shape index (κ3) is 3.71. The van der Waals surface area contributed by atoms with Gasteiger partial charge in [-0.2, -0.15) is 0 Å². The van der Waals surface area contributed by atoms with Crippen LogP contribution in [0, 0.1) is 0 Å². The Labute approximate surface area is 143 Å². The first-order chi connectivity index (χ1) is 11.1. The number of carbonyl (C=O) groups excluding carboxylic acids is 1. The van der Waals surface area contributed by atoms with Gasteiger partial charge in [0.25, 0.3) is 0 Å². The average Bonchev–Trinajstić information content (AvgIpc) is 3.04. The van der Waals surface area contributed by atoms with Gasteiger partial charge >= 0.3 is 0 Å². The minimum Gasteiger partial charge on any atom is -0.340 e. The summed E-state index contributed by atoms with van der Waals surface area (Å²) in [6, 6.07) is 12.0. The molecule has 0 fully saturated rings. The number of thioether (sulfide) groups is 1. The van der Waals surface area contributed by atoms with Crippen molar-refractivity contribution in [1.82, 2.24) is 14.9 Å². The van der Waals surface area contributed by atoms with E-state index in [1.807, 2.05) is 55.7 Å². The molecule has 0 saturated heterocycles. The summed E-state index contributed by atoms with van der Waals surface area (Å²) in [4.78, 5) is 23.9. The lowest BCUT2D eigenvalue weighted by Gasteiger charge is -2.21. The molecule has 0 spiro atoms. The molecule has 118 valence electrons. The topological polar surface area (TPSA) is 46.1 Å². The quantitative estimate of drug-likeness (QED) is 0.522. The number of fused-ring (bicyclic) bond motifs is 1. The summed E-state index contributed by atoms with van der Waals surface area (Å²) >= 11 is 3.07. The van der Waals surface area contributed by atoms with Gasteiger partial charge in [-0.1, -0.05) is 42.1 Å². The second-order valence-corrected chi connectivity index (χ2v) is 7.48. The van der Waals surface area contributed by atoms with Gasteiger partial charge in [0.15, 0.2) is 0 Å². The number of nitrogens with zero attached hydrogens (tertiary/aromatic N) is 3. The molecule has 0 radical (unpaired) electrons. The molecule has 3 rings (SSSR count). The summed E-state index contributed by atoms with van der Waals surface area (Å²) in [6.45, 7) is 2.54. The van der Waals surface area contributed by atoms with E-state index in [9.17, 15) is 4.79 Å². The minimum atomic E-state index is -0.193. The maximum absolute atomic E-state index is 12.6. The van der Waals surface area contributed by atoms with E-state index in [4.69, 9.17) is 0 Å². The smallest absolute Gasteiger partial charge is 0.235 e. The maximum Gasteiger partial charge on any atom is 0.235 e. The zero-order chi connectivity index (χ0) is 16.2. The van der Waals surface area contributed by atoms with E-state index in [0.717, 1.165) is 20.8 Å². The first-order valence-corrected chi connectivity index (χ1v) is 9.05. The molecule has 2 aromatic heterocycles. The molecule has 0 saturated carbocycles. The highest BCUT2D eigenvalue weighted by molar-refractivity contribution is 8.00. The Morgan fingerprint density at radius 2 is 2.04 bits per heavy atom. The standard InChI is InChI=1S/C17H17N3OS2/c1-12(17(21)20(2)10-13-6-4-3-5-7-13)23-16-14-8-9-22-15(14)18-11-19-16/h3-9,11-12H,10H2,1-2H3/t12-/m1/s1. The van der Waals surface area contributed by atoms with Gasteiger partial charge in [0.1, 0.15) is 16.2 Å². The third-order valence-electron chi connectivity index (χ3n) is 3.50. The van der Waals surface area contributed by atoms with Crippen LogP contribution in [-0.4, -0.2) is 33.1 Å². The normalized spacial score (nSPS) is 12.3. The van der Waals surface area contributed by atoms with Crippen molar-refractivity contribution < 1.29 is 4.79 Å². The Balaban J connectivity index is 1.68. The number of hydrogen-bond acceptors (Lipinski definition) is 5. The molecule has 6 heteroatoms. The lowest BCUT2D eigenvalue weighted by atomic mass is 10.2. The molecule has 2 heterocycles. The number of benzene rings is 1. The van der Waals surface area contributed by atoms with Crippen LogP contribution in [0.3, 0.4) is 0 Å². The molecule has 0 aliphatic carbocycles. The summed E-state index contributed by atoms with van der Waals surface area (Å²) in [5.74, 6) is 0.0980. The summed E-state index contributed by atoms with van der Waals surface area (Å²) in [6.07, 6.45) is 1.56. The number of rotatable bonds is 5. The predicted octanol–water partition coefficient (Wildman–Crippen LogP) is 3.83. The molecule has 23 heavy (non-hydrogen) atoms. The molecule has 0 bridgehead atoms. The number of amides is 1. The number of thiophene rings is 1. The number of carbonyl (C=O) groups is 1. The molecular formula is C17H17N3OS2. The van der Waals surface area contributed by atoms with Gasteiger partial charge in [-0.05, 0) is 23.9 Å². The van der Waals surface area contributed by atoms with Crippen LogP contribution in [-0.2, 0) is 11.3 Å². The van der Waals surface area contributed by atoms with Crippen molar-refractivity contribution >= 4 is 39.2 Å². The summed E-state index contributed by atoms with van der Waals surface area (Å²) < 4.78 is 0. The van der Waals surface area contributed by atoms with Crippen molar-refractivity contribution in [2.24, 2.45) is 0 Å². The van der Waals surface area contributed by atoms with Crippen molar-refractivity contribution in [3.63, 3.8) is 0 Å². The molecular weight excluding hydrogens is 326 g/mol. The molecule has 3 aromatic rings. The van der Waals surface area contributed by atoms with E-state index in [1.54, 1.807) is 22.6 Å². The van der Waals surface area contributed by atoms with E-state index < -0.39 is 0 Å². The van der Waals surface area contributed by atoms with Crippen LogP contribution < -0.4 is 0 Å². The molecule has 1 aromatic carbocycles. The highest BCUT2D eigenvalue weighted by Crippen LogP contribution is 2.30. The second-order valence-electron chi connectivity index (χ2n) is 5.26. The molecule has 0 N–H and O–H groups in total. The molecule has 4 nitrogen and oxygen atoms in total. The molecule has 0 aliphatic heterocycles. The van der Waals surface area contributed by atoms with Crippen molar-refractivity contribution in [3.05, 3.63) is 53.7 Å². The van der Waals surface area contributed by atoms with Crippen LogP contribution in [0.15, 0.2) is 53.1 Å². The Hall–Kier alpha value is -1.92. The zero-order valence-electron chi connectivity index (χ0n) is 13.0. The van der Waals surface area contributed by atoms with E-state index >= 15 is 0 Å². The highest BCUT2D eigenvalue weighted by atomic mass is 32.2. The van der Waals surface area contributed by atoms with E-state index in [2.05, 4.69) is 9.97 Å². The monoisotopic (exact) mass is 343 g/mol. The average molecular weight is 343 g/mol. The van der Waals surface area contributed by atoms with Crippen molar-refractivity contribution in [2.75, 3.05) is 7.05 Å². The third-order valence-corrected chi connectivity index (χ3v) is 5.42. The van der Waals surface area contributed by atoms with Crippen LogP contribution in [0.2, 0.25) is 0 Å². The van der Waals surface area contributed by atoms with Gasteiger partial charge < -0.3 is 4.90 Å². The van der Waals surface area contributed by atoms with Gasteiger partial charge in [0.05, 0.1) is 5.25 Å². The Bertz CT molecular complexity index is 804. The Morgan fingerprint density at radius 3 is 2.83 bits per heavy atom. The lowest BCUT2D eigenvalue weighted by Crippen LogP contribution is -2.32. The van der Waals surface area contributed by atoms with Gasteiger partial charge in [-0.15, -0.1) is 11.3 Å². The minimum absolute atomic E-state index is 0.0980. The van der Waals surface area contributed by atoms with E-state index in [1.165, 1.54) is 11.8 Å². The molecule has 0 aliphatic rings. The molecule has 1 amide bonds. The molecule has 1 atom stereocenters. The van der Waals surface area contributed by atoms with Crippen molar-refractivity contribution in [1.29, 1.82) is 0 Å². The fourth-order valence-corrected chi connectivity index (χ4v) is 4.14. The lowest BCUT2D eigenvalue weighted by molar-refractivity contribution is -0.129. The summed E-state index contributed by atoms with van der Waals surface area (Å²) in [5, 5.41) is 3.69. The maximum atomic E-state index is 12.6. The number of hydrogen-bond donors (Lipinski definition) is 0. The van der Waals surface area contributed by atoms with Gasteiger partial charge in [0, 0.05) is 19.0 Å². The van der Waals surface area contributed by atoms with Crippen molar-refractivity contribution in [2.45, 2.75) is 23.7 Å². The van der Waals surface area contributed by atoms with Crippen LogP contribution in [0.4, 0.5) is 0 Å². The Kier molecular flexibility index (Phi) is 4.93. The van der Waals surface area contributed by atoms with Gasteiger partial charge in [-0.25, -0.2) is 9.97 Å². The number of aromatic nitrogens is 2. The van der Waals surface area contributed by atoms with E-state index in [-0.39, 0.29) is 11.2 Å². The predicted molar refractivity (Wildman–Crippen MR) is 95.7 cm³/mol. The summed E-state index contributed by atoms with van der Waals surface area (Å²) in [7, 11) is 1.84. The molecule has 0 unspecified atom stereocenters. The highest BCUT2D eigenvalue weighted by Gasteiger charge is 2.20. The fourth-order valence-electron chi connectivity index (χ4n) is 2.32. The van der Waals surface area contributed by atoms with Gasteiger partial charge in [0.2, 0.25) is 5.91 Å². The Morgan fingerprint density at radius 1 is 1.26 bits per heavy atom. The van der Waals surface area contributed by atoms with Crippen LogP contribution in [0.25, 0.3) is 10.2 Å². The van der Waals surface area contributed by atoms with Crippen LogP contribution >= 0.6 is 23.1 Å². The zero-order valence-corrected chi connectivity index (χ0v) is 14.6. The SMILES string of the molecule is C[C@@H](Sc1ncnc2sccc12)C(=O)N(C)Cc1ccccc1. The first-order valence-electron chi connectivity index (χ1n) is 7.29. The van der Waals surface area contributed by atoms with Crippen LogP contribution in [0.1, 0.15) is 12.5 Å². The van der Waals surface area contributed by atoms with Crippen LogP contribution in [0.5, 0.6) is 0 Å². The van der Waals surface area contributed by atoms with Gasteiger partial charge in [-0.3, -0.25) is 4.79 Å². The summed E-state index contributed by atoms with van der Waals surface area (Å²) in [5.41, 5.74) is 1.13. The van der Waals surface area contributed by atoms with Crippen molar-refractivity contribution in [3.8, 4) is 0 Å².